The van der Waals surface area contributed by atoms with Crippen molar-refractivity contribution in [2.75, 3.05) is 16.4 Å². The van der Waals surface area contributed by atoms with Crippen molar-refractivity contribution in [2.45, 2.75) is 0 Å². The molecule has 0 unspecified atom stereocenters. The molecule has 0 aromatic heterocycles. The second-order valence-electron chi connectivity index (χ2n) is 4.03. The first kappa shape index (κ1) is 15.3. The van der Waals surface area contributed by atoms with Gasteiger partial charge in [0.05, 0.1) is 15.7 Å². The van der Waals surface area contributed by atoms with Crippen LogP contribution in [0.2, 0.25) is 10.0 Å². The molecule has 2 aromatic rings. The Hall–Kier alpha value is -2.05. The van der Waals surface area contributed by atoms with E-state index in [9.17, 15) is 13.6 Å². The number of carbonyl (C=O) groups excluding carboxylic acids is 1. The Morgan fingerprint density at radius 2 is 1.76 bits per heavy atom. The summed E-state index contributed by atoms with van der Waals surface area (Å²) in [4.78, 5) is 11.8. The maximum Gasteiger partial charge on any atom is 0.323 e. The van der Waals surface area contributed by atoms with Crippen molar-refractivity contribution >= 4 is 46.3 Å². The molecular weight excluding hydrogens is 323 g/mol. The smallest absolute Gasteiger partial charge is 0.323 e. The number of nitrogen functional groups attached to an aromatic ring is 1. The molecular formula is C13H9Cl2F2N3O. The van der Waals surface area contributed by atoms with E-state index in [1.165, 1.54) is 18.2 Å². The Morgan fingerprint density at radius 1 is 1.05 bits per heavy atom. The zero-order valence-electron chi connectivity index (χ0n) is 10.4. The van der Waals surface area contributed by atoms with Crippen LogP contribution in [0.3, 0.4) is 0 Å². The quantitative estimate of drug-likeness (QED) is 0.709. The number of nitrogens with two attached hydrogens (primary N) is 1. The first-order valence-electron chi connectivity index (χ1n) is 5.65. The van der Waals surface area contributed by atoms with Gasteiger partial charge in [0.15, 0.2) is 11.6 Å². The molecule has 110 valence electrons. The van der Waals surface area contributed by atoms with Crippen LogP contribution in [-0.2, 0) is 0 Å². The van der Waals surface area contributed by atoms with Gasteiger partial charge in [0.1, 0.15) is 5.69 Å². The molecule has 4 nitrogen and oxygen atoms in total. The first-order chi connectivity index (χ1) is 9.88. The Labute approximate surface area is 128 Å². The predicted molar refractivity (Wildman–Crippen MR) is 79.9 cm³/mol. The Balaban J connectivity index is 2.15. The van der Waals surface area contributed by atoms with Gasteiger partial charge in [-0.3, -0.25) is 0 Å². The molecule has 21 heavy (non-hydrogen) atoms. The van der Waals surface area contributed by atoms with Gasteiger partial charge in [0, 0.05) is 5.69 Å². The molecule has 2 rings (SSSR count). The lowest BCUT2D eigenvalue weighted by Gasteiger charge is -2.11. The van der Waals surface area contributed by atoms with Crippen LogP contribution in [0.15, 0.2) is 30.3 Å². The van der Waals surface area contributed by atoms with Crippen LogP contribution in [0.1, 0.15) is 0 Å². The van der Waals surface area contributed by atoms with Crippen molar-refractivity contribution < 1.29 is 13.6 Å². The maximum absolute atomic E-state index is 13.5. The lowest BCUT2D eigenvalue weighted by Crippen LogP contribution is -2.21. The van der Waals surface area contributed by atoms with Crippen LogP contribution < -0.4 is 16.4 Å². The van der Waals surface area contributed by atoms with E-state index in [0.717, 1.165) is 12.1 Å². The Morgan fingerprint density at radius 3 is 2.43 bits per heavy atom. The van der Waals surface area contributed by atoms with E-state index < -0.39 is 23.4 Å². The normalized spacial score (nSPS) is 10.3. The molecule has 0 atom stereocenters. The number of benzene rings is 2. The van der Waals surface area contributed by atoms with Crippen LogP contribution in [0, 0.1) is 11.6 Å². The summed E-state index contributed by atoms with van der Waals surface area (Å²) >= 11 is 11.5. The number of hydrogen-bond donors (Lipinski definition) is 3. The highest BCUT2D eigenvalue weighted by molar-refractivity contribution is 6.42. The zero-order valence-corrected chi connectivity index (χ0v) is 11.9. The lowest BCUT2D eigenvalue weighted by atomic mass is 10.2. The van der Waals surface area contributed by atoms with E-state index in [0.29, 0.717) is 10.7 Å². The number of halogens is 4. The maximum atomic E-state index is 13.5. The largest absolute Gasteiger partial charge is 0.397 e. The first-order valence-corrected chi connectivity index (χ1v) is 6.40. The molecule has 0 aliphatic carbocycles. The molecule has 0 saturated carbocycles. The average molecular weight is 332 g/mol. The van der Waals surface area contributed by atoms with Gasteiger partial charge in [-0.2, -0.15) is 0 Å². The van der Waals surface area contributed by atoms with Gasteiger partial charge in [0.2, 0.25) is 0 Å². The van der Waals surface area contributed by atoms with Gasteiger partial charge in [0.25, 0.3) is 0 Å². The van der Waals surface area contributed by atoms with Crippen LogP contribution in [0.25, 0.3) is 0 Å². The van der Waals surface area contributed by atoms with Crippen molar-refractivity contribution in [1.29, 1.82) is 0 Å². The summed E-state index contributed by atoms with van der Waals surface area (Å²) in [6.07, 6.45) is 0. The predicted octanol–water partition coefficient (Wildman–Crippen LogP) is 4.50. The van der Waals surface area contributed by atoms with Crippen LogP contribution in [0.4, 0.5) is 30.6 Å². The van der Waals surface area contributed by atoms with Crippen LogP contribution in [-0.4, -0.2) is 6.03 Å². The molecule has 0 bridgehead atoms. The number of hydrogen-bond acceptors (Lipinski definition) is 2. The van der Waals surface area contributed by atoms with Gasteiger partial charge >= 0.3 is 6.03 Å². The van der Waals surface area contributed by atoms with Gasteiger partial charge in [-0.1, -0.05) is 23.2 Å². The highest BCUT2D eigenvalue weighted by Gasteiger charge is 2.14. The number of anilines is 3. The highest BCUT2D eigenvalue weighted by atomic mass is 35.5. The van der Waals surface area contributed by atoms with Crippen molar-refractivity contribution in [3.05, 3.63) is 52.0 Å². The van der Waals surface area contributed by atoms with E-state index >= 15 is 0 Å². The minimum absolute atomic E-state index is 0.0989. The molecule has 8 heteroatoms. The monoisotopic (exact) mass is 331 g/mol. The molecule has 0 aliphatic heterocycles. The highest BCUT2D eigenvalue weighted by Crippen LogP contribution is 2.26. The van der Waals surface area contributed by atoms with Gasteiger partial charge in [-0.05, 0) is 30.3 Å². The molecule has 2 aromatic carbocycles. The molecule has 2 amide bonds. The van der Waals surface area contributed by atoms with E-state index in [2.05, 4.69) is 10.6 Å². The van der Waals surface area contributed by atoms with Crippen LogP contribution in [0.5, 0.6) is 0 Å². The summed E-state index contributed by atoms with van der Waals surface area (Å²) in [5, 5.41) is 5.09. The molecule has 0 radical (unpaired) electrons. The SMILES string of the molecule is Nc1ccc(F)c(F)c1NC(=O)Nc1ccc(Cl)c(Cl)c1. The fraction of sp³-hybridized carbons (Fsp3) is 0. The van der Waals surface area contributed by atoms with Gasteiger partial charge in [-0.25, -0.2) is 13.6 Å². The van der Waals surface area contributed by atoms with Crippen molar-refractivity contribution in [1.82, 2.24) is 0 Å². The summed E-state index contributed by atoms with van der Waals surface area (Å²) < 4.78 is 26.6. The number of carbonyl (C=O) groups is 1. The number of amides is 2. The fourth-order valence-corrected chi connectivity index (χ4v) is 1.84. The molecule has 0 fully saturated rings. The van der Waals surface area contributed by atoms with E-state index in [1.807, 2.05) is 0 Å². The fourth-order valence-electron chi connectivity index (χ4n) is 1.54. The average Bonchev–Trinajstić information content (AvgIpc) is 2.43. The van der Waals surface area contributed by atoms with E-state index in [4.69, 9.17) is 28.9 Å². The molecule has 0 saturated heterocycles. The number of rotatable bonds is 2. The van der Waals surface area contributed by atoms with Crippen molar-refractivity contribution in [3.63, 3.8) is 0 Å². The third kappa shape index (κ3) is 3.53. The number of urea groups is 1. The van der Waals surface area contributed by atoms with E-state index in [1.54, 1.807) is 0 Å². The second-order valence-corrected chi connectivity index (χ2v) is 4.85. The molecule has 0 heterocycles. The van der Waals surface area contributed by atoms with Gasteiger partial charge < -0.3 is 16.4 Å². The summed E-state index contributed by atoms with van der Waals surface area (Å²) in [6.45, 7) is 0. The third-order valence-electron chi connectivity index (χ3n) is 2.54. The molecule has 0 spiro atoms. The molecule has 4 N–H and O–H groups in total. The van der Waals surface area contributed by atoms with Gasteiger partial charge in [-0.15, -0.1) is 0 Å². The zero-order chi connectivity index (χ0) is 15.6. The third-order valence-corrected chi connectivity index (χ3v) is 3.28. The lowest BCUT2D eigenvalue weighted by molar-refractivity contribution is 0.262. The number of nitrogens with one attached hydrogen (secondary N) is 2. The molecule has 0 aliphatic rings. The summed E-state index contributed by atoms with van der Waals surface area (Å²) in [5.74, 6) is -2.35. The Kier molecular flexibility index (Phi) is 4.50. The van der Waals surface area contributed by atoms with Crippen molar-refractivity contribution in [3.8, 4) is 0 Å². The summed E-state index contributed by atoms with van der Waals surface area (Å²) in [6, 6.07) is 5.61. The van der Waals surface area contributed by atoms with Crippen molar-refractivity contribution in [2.24, 2.45) is 0 Å². The minimum Gasteiger partial charge on any atom is -0.397 e. The summed E-state index contributed by atoms with van der Waals surface area (Å²) in [7, 11) is 0. The topological polar surface area (TPSA) is 67.1 Å². The standard InChI is InChI=1S/C13H9Cl2F2N3O/c14-7-2-1-6(5-8(7)15)19-13(21)20-12-10(18)4-3-9(16)11(12)17/h1-5H,18H2,(H2,19,20,21). The van der Waals surface area contributed by atoms with E-state index in [-0.39, 0.29) is 10.7 Å². The second kappa shape index (κ2) is 6.15. The summed E-state index contributed by atoms with van der Waals surface area (Å²) in [5.41, 5.74) is 5.28. The van der Waals surface area contributed by atoms with Crippen LogP contribution >= 0.6 is 23.2 Å². The Bertz CT molecular complexity index is 710. The minimum atomic E-state index is -1.24.